The van der Waals surface area contributed by atoms with Crippen molar-refractivity contribution in [3.8, 4) is 5.75 Å². The number of ether oxygens (including phenoxy) is 1. The van der Waals surface area contributed by atoms with Gasteiger partial charge in [0.2, 0.25) is 0 Å². The van der Waals surface area contributed by atoms with Crippen molar-refractivity contribution in [2.24, 2.45) is 0 Å². The molecular weight excluding hydrogens is 254 g/mol. The number of carbonyl (C=O) groups is 1. The number of carboxylic acid groups (broad SMARTS) is 1. The minimum Gasteiger partial charge on any atom is -0.491 e. The van der Waals surface area contributed by atoms with E-state index < -0.39 is 5.97 Å². The van der Waals surface area contributed by atoms with Crippen LogP contribution in [0.2, 0.25) is 0 Å². The fraction of sp³-hybridized carbons (Fsp3) is 0.462. The first-order valence-electron chi connectivity index (χ1n) is 5.95. The first-order chi connectivity index (χ1) is 8.27. The summed E-state index contributed by atoms with van der Waals surface area (Å²) in [7, 11) is 0. The SMILES string of the molecule is Cl.O=C(O)c1ccccc1OCCN1CCCC1. The highest BCUT2D eigenvalue weighted by molar-refractivity contribution is 5.90. The average Bonchev–Trinajstić information content (AvgIpc) is 2.82. The van der Waals surface area contributed by atoms with Gasteiger partial charge in [0, 0.05) is 6.54 Å². The van der Waals surface area contributed by atoms with Gasteiger partial charge >= 0.3 is 5.97 Å². The molecule has 1 saturated heterocycles. The van der Waals surface area contributed by atoms with E-state index >= 15 is 0 Å². The molecule has 0 radical (unpaired) electrons. The minimum absolute atomic E-state index is 0. The van der Waals surface area contributed by atoms with E-state index in [0.29, 0.717) is 12.4 Å². The van der Waals surface area contributed by atoms with E-state index in [1.165, 1.54) is 12.8 Å². The van der Waals surface area contributed by atoms with Gasteiger partial charge in [-0.3, -0.25) is 4.90 Å². The number of aromatic carboxylic acids is 1. The van der Waals surface area contributed by atoms with Crippen LogP contribution in [-0.4, -0.2) is 42.2 Å². The third-order valence-corrected chi connectivity index (χ3v) is 2.98. The maximum absolute atomic E-state index is 11.0. The first-order valence-corrected chi connectivity index (χ1v) is 5.95. The topological polar surface area (TPSA) is 49.8 Å². The van der Waals surface area contributed by atoms with E-state index in [0.717, 1.165) is 19.6 Å². The van der Waals surface area contributed by atoms with Crippen LogP contribution in [0.4, 0.5) is 0 Å². The monoisotopic (exact) mass is 271 g/mol. The van der Waals surface area contributed by atoms with Crippen molar-refractivity contribution < 1.29 is 14.6 Å². The molecule has 18 heavy (non-hydrogen) atoms. The van der Waals surface area contributed by atoms with E-state index in [4.69, 9.17) is 9.84 Å². The van der Waals surface area contributed by atoms with Crippen LogP contribution in [0, 0.1) is 0 Å². The van der Waals surface area contributed by atoms with Gasteiger partial charge in [-0.05, 0) is 38.1 Å². The lowest BCUT2D eigenvalue weighted by molar-refractivity contribution is 0.0691. The second kappa shape index (κ2) is 7.24. The summed E-state index contributed by atoms with van der Waals surface area (Å²) in [4.78, 5) is 13.3. The molecule has 1 aliphatic rings. The number of halogens is 1. The number of benzene rings is 1. The normalized spacial score (nSPS) is 15.1. The van der Waals surface area contributed by atoms with Crippen molar-refractivity contribution in [1.29, 1.82) is 0 Å². The molecule has 1 aliphatic heterocycles. The van der Waals surface area contributed by atoms with E-state index in [1.807, 2.05) is 0 Å². The Bertz CT molecular complexity index is 392. The third kappa shape index (κ3) is 3.89. The number of hydrogen-bond donors (Lipinski definition) is 1. The second-order valence-electron chi connectivity index (χ2n) is 4.20. The van der Waals surface area contributed by atoms with Gasteiger partial charge < -0.3 is 9.84 Å². The maximum Gasteiger partial charge on any atom is 0.339 e. The Balaban J connectivity index is 0.00000162. The van der Waals surface area contributed by atoms with Crippen molar-refractivity contribution in [1.82, 2.24) is 4.90 Å². The summed E-state index contributed by atoms with van der Waals surface area (Å²) < 4.78 is 5.54. The zero-order chi connectivity index (χ0) is 12.1. The van der Waals surface area contributed by atoms with Crippen LogP contribution in [0.15, 0.2) is 24.3 Å². The van der Waals surface area contributed by atoms with Crippen LogP contribution in [0.25, 0.3) is 0 Å². The Morgan fingerprint density at radius 2 is 1.94 bits per heavy atom. The first kappa shape index (κ1) is 14.8. The highest BCUT2D eigenvalue weighted by Crippen LogP contribution is 2.17. The maximum atomic E-state index is 11.0. The minimum atomic E-state index is -0.943. The molecule has 1 aromatic rings. The van der Waals surface area contributed by atoms with Gasteiger partial charge in [0.05, 0.1) is 0 Å². The van der Waals surface area contributed by atoms with Gasteiger partial charge in [0.25, 0.3) is 0 Å². The molecule has 2 rings (SSSR count). The van der Waals surface area contributed by atoms with Crippen LogP contribution >= 0.6 is 12.4 Å². The lowest BCUT2D eigenvalue weighted by Crippen LogP contribution is -2.25. The molecule has 100 valence electrons. The summed E-state index contributed by atoms with van der Waals surface area (Å²) in [6.07, 6.45) is 2.51. The van der Waals surface area contributed by atoms with E-state index in [2.05, 4.69) is 4.90 Å². The van der Waals surface area contributed by atoms with Gasteiger partial charge in [-0.25, -0.2) is 4.79 Å². The second-order valence-corrected chi connectivity index (χ2v) is 4.20. The zero-order valence-electron chi connectivity index (χ0n) is 10.2. The summed E-state index contributed by atoms with van der Waals surface area (Å²) in [6, 6.07) is 6.76. The predicted molar refractivity (Wildman–Crippen MR) is 71.8 cm³/mol. The molecule has 5 heteroatoms. The molecule has 0 aliphatic carbocycles. The highest BCUT2D eigenvalue weighted by atomic mass is 35.5. The quantitative estimate of drug-likeness (QED) is 0.893. The van der Waals surface area contributed by atoms with Crippen LogP contribution in [0.1, 0.15) is 23.2 Å². The van der Waals surface area contributed by atoms with E-state index in [-0.39, 0.29) is 18.0 Å². The van der Waals surface area contributed by atoms with Crippen LogP contribution in [0.3, 0.4) is 0 Å². The van der Waals surface area contributed by atoms with Crippen molar-refractivity contribution in [2.45, 2.75) is 12.8 Å². The summed E-state index contributed by atoms with van der Waals surface area (Å²) in [6.45, 7) is 3.67. The number of carboxylic acids is 1. The fourth-order valence-electron chi connectivity index (χ4n) is 2.06. The molecule has 1 heterocycles. The molecule has 0 aromatic heterocycles. The molecule has 4 nitrogen and oxygen atoms in total. The number of nitrogens with zero attached hydrogens (tertiary/aromatic N) is 1. The molecule has 1 fully saturated rings. The number of likely N-dealkylation sites (tertiary alicyclic amines) is 1. The van der Waals surface area contributed by atoms with E-state index in [1.54, 1.807) is 24.3 Å². The third-order valence-electron chi connectivity index (χ3n) is 2.98. The largest absolute Gasteiger partial charge is 0.491 e. The van der Waals surface area contributed by atoms with Crippen molar-refractivity contribution in [3.05, 3.63) is 29.8 Å². The standard InChI is InChI=1S/C13H17NO3.ClH/c15-13(16)11-5-1-2-6-12(11)17-10-9-14-7-3-4-8-14;/h1-2,5-6H,3-4,7-10H2,(H,15,16);1H. The van der Waals surface area contributed by atoms with E-state index in [9.17, 15) is 4.79 Å². The van der Waals surface area contributed by atoms with Crippen LogP contribution in [-0.2, 0) is 0 Å². The van der Waals surface area contributed by atoms with Gasteiger partial charge in [0.1, 0.15) is 17.9 Å². The lowest BCUT2D eigenvalue weighted by Gasteiger charge is -2.15. The van der Waals surface area contributed by atoms with Crippen LogP contribution in [0.5, 0.6) is 5.75 Å². The van der Waals surface area contributed by atoms with Crippen molar-refractivity contribution in [3.63, 3.8) is 0 Å². The highest BCUT2D eigenvalue weighted by Gasteiger charge is 2.13. The Morgan fingerprint density at radius 3 is 2.61 bits per heavy atom. The van der Waals surface area contributed by atoms with Gasteiger partial charge in [-0.15, -0.1) is 12.4 Å². The summed E-state index contributed by atoms with van der Waals surface area (Å²) >= 11 is 0. The van der Waals surface area contributed by atoms with Crippen molar-refractivity contribution >= 4 is 18.4 Å². The molecular formula is C13H18ClNO3. The lowest BCUT2D eigenvalue weighted by atomic mass is 10.2. The number of para-hydroxylation sites is 1. The number of rotatable bonds is 5. The Morgan fingerprint density at radius 1 is 1.28 bits per heavy atom. The molecule has 0 atom stereocenters. The Kier molecular flexibility index (Phi) is 5.95. The van der Waals surface area contributed by atoms with Crippen molar-refractivity contribution in [2.75, 3.05) is 26.2 Å². The average molecular weight is 272 g/mol. The van der Waals surface area contributed by atoms with Gasteiger partial charge in [0.15, 0.2) is 0 Å². The van der Waals surface area contributed by atoms with Gasteiger partial charge in [-0.2, -0.15) is 0 Å². The summed E-state index contributed by atoms with van der Waals surface area (Å²) in [5.41, 5.74) is 0.230. The Labute approximate surface area is 113 Å². The summed E-state index contributed by atoms with van der Waals surface area (Å²) in [5, 5.41) is 8.99. The van der Waals surface area contributed by atoms with Crippen LogP contribution < -0.4 is 4.74 Å². The molecule has 0 amide bonds. The molecule has 0 saturated carbocycles. The summed E-state index contributed by atoms with van der Waals surface area (Å²) in [5.74, 6) is -0.485. The molecule has 0 unspecified atom stereocenters. The predicted octanol–water partition coefficient (Wildman–Crippen LogP) is 2.28. The fourth-order valence-corrected chi connectivity index (χ4v) is 2.06. The molecule has 0 spiro atoms. The smallest absolute Gasteiger partial charge is 0.339 e. The van der Waals surface area contributed by atoms with Gasteiger partial charge in [-0.1, -0.05) is 12.1 Å². The number of hydrogen-bond acceptors (Lipinski definition) is 3. The molecule has 1 aromatic carbocycles. The zero-order valence-corrected chi connectivity index (χ0v) is 11.0. The molecule has 0 bridgehead atoms. The Hall–Kier alpha value is -1.26. The molecule has 1 N–H and O–H groups in total.